The van der Waals surface area contributed by atoms with Crippen LogP contribution >= 0.6 is 11.6 Å². The molecule has 1 aliphatic rings. The monoisotopic (exact) mass is 294 g/mol. The predicted octanol–water partition coefficient (Wildman–Crippen LogP) is 3.31. The molecule has 1 fully saturated rings. The lowest BCUT2D eigenvalue weighted by atomic mass is 9.84. The van der Waals surface area contributed by atoms with Gasteiger partial charge in [0.2, 0.25) is 0 Å². The number of ether oxygens (including phenoxy) is 2. The Morgan fingerprint density at radius 3 is 2.80 bits per heavy atom. The molecule has 0 aliphatic heterocycles. The Kier molecular flexibility index (Phi) is 5.21. The van der Waals surface area contributed by atoms with Gasteiger partial charge in [0.25, 0.3) is 0 Å². The van der Waals surface area contributed by atoms with Gasteiger partial charge in [0.15, 0.2) is 5.78 Å². The molecule has 20 heavy (non-hydrogen) atoms. The van der Waals surface area contributed by atoms with E-state index in [-0.39, 0.29) is 5.78 Å². The fraction of sp³-hybridized carbons (Fsp3) is 0.438. The van der Waals surface area contributed by atoms with E-state index in [0.29, 0.717) is 25.4 Å². The number of carbonyl (C=O) groups is 1. The molecule has 1 aromatic rings. The van der Waals surface area contributed by atoms with Crippen molar-refractivity contribution in [2.75, 3.05) is 20.8 Å². The standard InChI is InChI=1S/C16H19ClO3/c1-19-10-11-7-13(16(18)14(17)8-11)9-12-5-3-4-6-15(12)20-2/h3-6,9,11,14H,7-8,10H2,1-2H3. The topological polar surface area (TPSA) is 35.5 Å². The summed E-state index contributed by atoms with van der Waals surface area (Å²) >= 11 is 6.16. The Balaban J connectivity index is 2.28. The molecular weight excluding hydrogens is 276 g/mol. The van der Waals surface area contributed by atoms with Crippen molar-refractivity contribution in [3.8, 4) is 5.75 Å². The molecule has 1 aromatic carbocycles. The van der Waals surface area contributed by atoms with Crippen molar-refractivity contribution >= 4 is 23.5 Å². The first kappa shape index (κ1) is 15.1. The van der Waals surface area contributed by atoms with Crippen LogP contribution in [0.25, 0.3) is 6.08 Å². The molecule has 0 aromatic heterocycles. The maximum absolute atomic E-state index is 12.2. The van der Waals surface area contributed by atoms with E-state index in [1.54, 1.807) is 14.2 Å². The van der Waals surface area contributed by atoms with Crippen LogP contribution in [0.1, 0.15) is 18.4 Å². The summed E-state index contributed by atoms with van der Waals surface area (Å²) in [5, 5.41) is -0.454. The van der Waals surface area contributed by atoms with Gasteiger partial charge in [0, 0.05) is 19.3 Å². The Hall–Kier alpha value is -1.32. The van der Waals surface area contributed by atoms with E-state index in [9.17, 15) is 4.79 Å². The molecule has 2 unspecified atom stereocenters. The highest BCUT2D eigenvalue weighted by molar-refractivity contribution is 6.34. The summed E-state index contributed by atoms with van der Waals surface area (Å²) in [6.45, 7) is 0.625. The fourth-order valence-corrected chi connectivity index (χ4v) is 2.95. The van der Waals surface area contributed by atoms with Gasteiger partial charge in [-0.2, -0.15) is 0 Å². The SMILES string of the molecule is COCC1CC(=Cc2ccccc2OC)C(=O)C(Cl)C1. The number of ketones is 1. The van der Waals surface area contributed by atoms with Crippen LogP contribution in [0.3, 0.4) is 0 Å². The number of rotatable bonds is 4. The van der Waals surface area contributed by atoms with Gasteiger partial charge in [0.1, 0.15) is 5.75 Å². The molecule has 0 radical (unpaired) electrons. The minimum absolute atomic E-state index is 0.0184. The number of carbonyl (C=O) groups excluding carboxylic acids is 1. The number of hydrogen-bond acceptors (Lipinski definition) is 3. The molecule has 0 bridgehead atoms. The van der Waals surface area contributed by atoms with Crippen LogP contribution < -0.4 is 4.74 Å². The van der Waals surface area contributed by atoms with Crippen molar-refractivity contribution < 1.29 is 14.3 Å². The van der Waals surface area contributed by atoms with Gasteiger partial charge in [-0.25, -0.2) is 0 Å². The van der Waals surface area contributed by atoms with Crippen molar-refractivity contribution in [1.82, 2.24) is 0 Å². The van der Waals surface area contributed by atoms with Crippen molar-refractivity contribution in [2.45, 2.75) is 18.2 Å². The fourth-order valence-electron chi connectivity index (χ4n) is 2.56. The van der Waals surface area contributed by atoms with Crippen LogP contribution in [0.15, 0.2) is 29.8 Å². The van der Waals surface area contributed by atoms with E-state index in [0.717, 1.165) is 16.9 Å². The molecule has 108 valence electrons. The molecule has 0 spiro atoms. The molecule has 1 saturated carbocycles. The van der Waals surface area contributed by atoms with Crippen LogP contribution in [-0.4, -0.2) is 32.0 Å². The average Bonchev–Trinajstić information content (AvgIpc) is 2.45. The molecule has 2 atom stereocenters. The molecule has 3 nitrogen and oxygen atoms in total. The predicted molar refractivity (Wildman–Crippen MR) is 80.2 cm³/mol. The van der Waals surface area contributed by atoms with Crippen molar-refractivity contribution in [3.63, 3.8) is 0 Å². The quantitative estimate of drug-likeness (QED) is 0.631. The largest absolute Gasteiger partial charge is 0.496 e. The highest BCUT2D eigenvalue weighted by Crippen LogP contribution is 2.32. The first-order valence-corrected chi connectivity index (χ1v) is 7.10. The van der Waals surface area contributed by atoms with Gasteiger partial charge < -0.3 is 9.47 Å². The van der Waals surface area contributed by atoms with E-state index in [1.807, 2.05) is 30.3 Å². The molecule has 0 amide bonds. The molecule has 0 saturated heterocycles. The lowest BCUT2D eigenvalue weighted by Gasteiger charge is -2.26. The highest BCUT2D eigenvalue weighted by Gasteiger charge is 2.31. The van der Waals surface area contributed by atoms with Crippen molar-refractivity contribution in [3.05, 3.63) is 35.4 Å². The number of halogens is 1. The Morgan fingerprint density at radius 1 is 1.35 bits per heavy atom. The van der Waals surface area contributed by atoms with E-state index >= 15 is 0 Å². The van der Waals surface area contributed by atoms with Crippen LogP contribution in [0, 0.1) is 5.92 Å². The minimum Gasteiger partial charge on any atom is -0.496 e. The van der Waals surface area contributed by atoms with Gasteiger partial charge in [-0.05, 0) is 36.5 Å². The summed E-state index contributed by atoms with van der Waals surface area (Å²) in [5.41, 5.74) is 1.66. The molecule has 4 heteroatoms. The summed E-state index contributed by atoms with van der Waals surface area (Å²) < 4.78 is 10.5. The van der Waals surface area contributed by atoms with E-state index < -0.39 is 5.38 Å². The summed E-state index contributed by atoms with van der Waals surface area (Å²) in [5.74, 6) is 1.07. The lowest BCUT2D eigenvalue weighted by Crippen LogP contribution is -2.29. The first-order chi connectivity index (χ1) is 9.65. The van der Waals surface area contributed by atoms with Crippen molar-refractivity contribution in [2.24, 2.45) is 5.92 Å². The Bertz CT molecular complexity index is 510. The number of para-hydroxylation sites is 1. The van der Waals surface area contributed by atoms with Gasteiger partial charge in [-0.3, -0.25) is 4.79 Å². The van der Waals surface area contributed by atoms with E-state index in [2.05, 4.69) is 0 Å². The zero-order valence-electron chi connectivity index (χ0n) is 11.8. The zero-order chi connectivity index (χ0) is 14.5. The number of hydrogen-bond donors (Lipinski definition) is 0. The first-order valence-electron chi connectivity index (χ1n) is 6.66. The van der Waals surface area contributed by atoms with Gasteiger partial charge in [-0.1, -0.05) is 18.2 Å². The zero-order valence-corrected chi connectivity index (χ0v) is 12.5. The summed E-state index contributed by atoms with van der Waals surface area (Å²) in [4.78, 5) is 12.2. The highest BCUT2D eigenvalue weighted by atomic mass is 35.5. The molecule has 0 N–H and O–H groups in total. The van der Waals surface area contributed by atoms with Gasteiger partial charge in [0.05, 0.1) is 12.5 Å². The molecule has 0 heterocycles. The maximum Gasteiger partial charge on any atom is 0.176 e. The number of Topliss-reactive ketones (excluding diaryl/α,β-unsaturated/α-hetero) is 1. The molecule has 1 aliphatic carbocycles. The second-order valence-corrected chi connectivity index (χ2v) is 5.53. The van der Waals surface area contributed by atoms with Gasteiger partial charge >= 0.3 is 0 Å². The van der Waals surface area contributed by atoms with Crippen LogP contribution in [0.5, 0.6) is 5.75 Å². The number of alkyl halides is 1. The second kappa shape index (κ2) is 6.91. The third kappa shape index (κ3) is 3.41. The molecule has 2 rings (SSSR count). The maximum atomic E-state index is 12.2. The minimum atomic E-state index is -0.454. The normalized spacial score (nSPS) is 24.9. The summed E-state index contributed by atoms with van der Waals surface area (Å²) in [6, 6.07) is 7.64. The van der Waals surface area contributed by atoms with Gasteiger partial charge in [-0.15, -0.1) is 11.6 Å². The van der Waals surface area contributed by atoms with E-state index in [4.69, 9.17) is 21.1 Å². The smallest absolute Gasteiger partial charge is 0.176 e. The number of allylic oxidation sites excluding steroid dienone is 1. The van der Waals surface area contributed by atoms with Crippen LogP contribution in [-0.2, 0) is 9.53 Å². The van der Waals surface area contributed by atoms with Crippen LogP contribution in [0.2, 0.25) is 0 Å². The molecular formula is C16H19ClO3. The second-order valence-electron chi connectivity index (χ2n) is 5.00. The summed E-state index contributed by atoms with van der Waals surface area (Å²) in [7, 11) is 3.29. The lowest BCUT2D eigenvalue weighted by molar-refractivity contribution is -0.116. The van der Waals surface area contributed by atoms with Crippen molar-refractivity contribution in [1.29, 1.82) is 0 Å². The number of methoxy groups -OCH3 is 2. The number of benzene rings is 1. The third-order valence-corrected chi connectivity index (χ3v) is 3.90. The Morgan fingerprint density at radius 2 is 2.10 bits per heavy atom. The average molecular weight is 295 g/mol. The van der Waals surface area contributed by atoms with Crippen LogP contribution in [0.4, 0.5) is 0 Å². The third-order valence-electron chi connectivity index (χ3n) is 3.52. The summed E-state index contributed by atoms with van der Waals surface area (Å²) in [6.07, 6.45) is 3.27. The van der Waals surface area contributed by atoms with E-state index in [1.165, 1.54) is 0 Å². The Labute approximate surface area is 124 Å².